The second-order valence-electron chi connectivity index (χ2n) is 13.3. The minimum Gasteiger partial charge on any atom is -0.309 e. The highest BCUT2D eigenvalue weighted by molar-refractivity contribution is 7.26. The number of rotatable bonds is 6. The van der Waals surface area contributed by atoms with Crippen molar-refractivity contribution >= 4 is 70.1 Å². The molecule has 0 amide bonds. The van der Waals surface area contributed by atoms with Gasteiger partial charge in [0.2, 0.25) is 0 Å². The Morgan fingerprint density at radius 3 is 1.63 bits per heavy atom. The van der Waals surface area contributed by atoms with Gasteiger partial charge in [-0.05, 0) is 97.4 Å². The van der Waals surface area contributed by atoms with E-state index in [9.17, 15) is 0 Å². The van der Waals surface area contributed by atoms with Gasteiger partial charge in [-0.25, -0.2) is 0 Å². The van der Waals surface area contributed by atoms with Crippen molar-refractivity contribution in [2.24, 2.45) is 0 Å². The van der Waals surface area contributed by atoms with Crippen LogP contribution in [-0.4, -0.2) is 0 Å². The number of hydrogen-bond acceptors (Lipinski definition) is 2. The van der Waals surface area contributed by atoms with E-state index in [0.717, 1.165) is 11.4 Å². The van der Waals surface area contributed by atoms with E-state index in [4.69, 9.17) is 0 Å². The van der Waals surface area contributed by atoms with Gasteiger partial charge in [0.25, 0.3) is 0 Å². The standard InChI is InChI=1S/C50H33NS/c1-2-11-35(12-3-1)43-19-9-15-39-33-38(27-32-45(39)43)34-23-28-40(29-24-34)51(48-21-10-20-47-46-17-6-7-22-49(46)52-50(47)48)41-30-25-37(26-31-41)44-18-8-14-36-13-4-5-16-42(36)44/h1-33H. The lowest BCUT2D eigenvalue weighted by Crippen LogP contribution is -2.10. The maximum atomic E-state index is 2.42. The fraction of sp³-hybridized carbons (Fsp3) is 0. The zero-order valence-corrected chi connectivity index (χ0v) is 29.2. The smallest absolute Gasteiger partial charge is 0.0640 e. The van der Waals surface area contributed by atoms with Crippen LogP contribution in [0, 0.1) is 0 Å². The molecule has 1 nitrogen and oxygen atoms in total. The molecule has 0 spiro atoms. The van der Waals surface area contributed by atoms with Crippen molar-refractivity contribution in [3.8, 4) is 33.4 Å². The highest BCUT2D eigenvalue weighted by Gasteiger charge is 2.19. The Bertz CT molecular complexity index is 2880. The van der Waals surface area contributed by atoms with Crippen LogP contribution in [0.25, 0.3) is 75.1 Å². The summed E-state index contributed by atoms with van der Waals surface area (Å²) in [5.74, 6) is 0. The first-order valence-electron chi connectivity index (χ1n) is 17.8. The molecule has 0 unspecified atom stereocenters. The Kier molecular flexibility index (Phi) is 7.41. The SMILES string of the molecule is c1ccc(-c2cccc3cc(-c4ccc(N(c5ccc(-c6cccc7ccccc67)cc5)c5cccc6c5sc5ccccc56)cc4)ccc23)cc1. The van der Waals surface area contributed by atoms with Crippen molar-refractivity contribution in [2.45, 2.75) is 0 Å². The van der Waals surface area contributed by atoms with E-state index in [1.807, 2.05) is 11.3 Å². The van der Waals surface area contributed by atoms with Gasteiger partial charge in [-0.1, -0.05) is 158 Å². The third kappa shape index (κ3) is 5.24. The molecular weight excluding hydrogens is 647 g/mol. The van der Waals surface area contributed by atoms with Crippen molar-refractivity contribution in [1.82, 2.24) is 0 Å². The lowest BCUT2D eigenvalue weighted by molar-refractivity contribution is 1.30. The van der Waals surface area contributed by atoms with Crippen LogP contribution in [0.3, 0.4) is 0 Å². The molecular formula is C50H33NS. The molecule has 0 aliphatic carbocycles. The third-order valence-electron chi connectivity index (χ3n) is 10.3. The van der Waals surface area contributed by atoms with Crippen molar-refractivity contribution in [2.75, 3.05) is 4.90 Å². The average molecular weight is 680 g/mol. The van der Waals surface area contributed by atoms with E-state index in [1.165, 1.54) is 80.8 Å². The first-order valence-corrected chi connectivity index (χ1v) is 18.6. The number of anilines is 3. The molecule has 244 valence electrons. The van der Waals surface area contributed by atoms with E-state index in [0.29, 0.717) is 0 Å². The summed E-state index contributed by atoms with van der Waals surface area (Å²) in [5, 5.41) is 7.63. The van der Waals surface area contributed by atoms with Gasteiger partial charge in [-0.3, -0.25) is 0 Å². The van der Waals surface area contributed by atoms with Gasteiger partial charge < -0.3 is 4.90 Å². The molecule has 0 aliphatic rings. The van der Waals surface area contributed by atoms with E-state index in [-0.39, 0.29) is 0 Å². The molecule has 10 rings (SSSR count). The predicted molar refractivity (Wildman–Crippen MR) is 225 cm³/mol. The lowest BCUT2D eigenvalue weighted by Gasteiger charge is -2.26. The highest BCUT2D eigenvalue weighted by Crippen LogP contribution is 2.45. The second-order valence-corrected chi connectivity index (χ2v) is 14.4. The van der Waals surface area contributed by atoms with Crippen LogP contribution in [0.2, 0.25) is 0 Å². The second kappa shape index (κ2) is 12.7. The van der Waals surface area contributed by atoms with Crippen LogP contribution in [0.5, 0.6) is 0 Å². The normalized spacial score (nSPS) is 11.5. The van der Waals surface area contributed by atoms with Crippen LogP contribution < -0.4 is 4.90 Å². The molecule has 1 heterocycles. The molecule has 0 N–H and O–H groups in total. The van der Waals surface area contributed by atoms with Gasteiger partial charge in [-0.15, -0.1) is 11.3 Å². The number of benzene rings is 9. The summed E-state index contributed by atoms with van der Waals surface area (Å²) in [6, 6.07) is 72.9. The molecule has 10 aromatic rings. The Balaban J connectivity index is 1.07. The Labute approximate surface area is 307 Å². The third-order valence-corrected chi connectivity index (χ3v) is 11.5. The van der Waals surface area contributed by atoms with Crippen LogP contribution >= 0.6 is 11.3 Å². The molecule has 0 aliphatic heterocycles. The Hall–Kier alpha value is -6.48. The van der Waals surface area contributed by atoms with Crippen LogP contribution in [0.15, 0.2) is 200 Å². The van der Waals surface area contributed by atoms with Gasteiger partial charge in [0.05, 0.1) is 10.4 Å². The Morgan fingerprint density at radius 1 is 0.327 bits per heavy atom. The number of fused-ring (bicyclic) bond motifs is 5. The molecule has 2 heteroatoms. The van der Waals surface area contributed by atoms with Crippen molar-refractivity contribution < 1.29 is 0 Å². The van der Waals surface area contributed by atoms with Gasteiger partial charge in [-0.2, -0.15) is 0 Å². The molecule has 0 radical (unpaired) electrons. The van der Waals surface area contributed by atoms with Crippen molar-refractivity contribution in [3.63, 3.8) is 0 Å². The zero-order valence-electron chi connectivity index (χ0n) is 28.4. The van der Waals surface area contributed by atoms with Crippen molar-refractivity contribution in [3.05, 3.63) is 200 Å². The molecule has 0 fully saturated rings. The average Bonchev–Trinajstić information content (AvgIpc) is 3.61. The summed E-state index contributed by atoms with van der Waals surface area (Å²) in [4.78, 5) is 2.42. The summed E-state index contributed by atoms with van der Waals surface area (Å²) in [6.07, 6.45) is 0. The molecule has 9 aromatic carbocycles. The van der Waals surface area contributed by atoms with E-state index >= 15 is 0 Å². The monoisotopic (exact) mass is 679 g/mol. The Morgan fingerprint density at radius 2 is 0.865 bits per heavy atom. The summed E-state index contributed by atoms with van der Waals surface area (Å²) in [7, 11) is 0. The number of nitrogens with zero attached hydrogens (tertiary/aromatic N) is 1. The molecule has 1 aromatic heterocycles. The molecule has 0 saturated carbocycles. The van der Waals surface area contributed by atoms with E-state index in [2.05, 4.69) is 205 Å². The van der Waals surface area contributed by atoms with E-state index < -0.39 is 0 Å². The topological polar surface area (TPSA) is 3.24 Å². The maximum Gasteiger partial charge on any atom is 0.0640 e. The van der Waals surface area contributed by atoms with Gasteiger partial charge in [0.1, 0.15) is 0 Å². The molecule has 0 saturated heterocycles. The summed E-state index contributed by atoms with van der Waals surface area (Å²) in [6.45, 7) is 0. The summed E-state index contributed by atoms with van der Waals surface area (Å²) >= 11 is 1.87. The quantitative estimate of drug-likeness (QED) is 0.169. The largest absolute Gasteiger partial charge is 0.309 e. The maximum absolute atomic E-state index is 2.42. The first-order chi connectivity index (χ1) is 25.8. The van der Waals surface area contributed by atoms with Gasteiger partial charge in [0, 0.05) is 26.8 Å². The fourth-order valence-corrected chi connectivity index (χ4v) is 8.94. The number of thiophene rings is 1. The summed E-state index contributed by atoms with van der Waals surface area (Å²) in [5.41, 5.74) is 10.8. The minimum absolute atomic E-state index is 1.12. The molecule has 52 heavy (non-hydrogen) atoms. The van der Waals surface area contributed by atoms with E-state index in [1.54, 1.807) is 0 Å². The van der Waals surface area contributed by atoms with Gasteiger partial charge >= 0.3 is 0 Å². The highest BCUT2D eigenvalue weighted by atomic mass is 32.1. The molecule has 0 bridgehead atoms. The van der Waals surface area contributed by atoms with Crippen LogP contribution in [-0.2, 0) is 0 Å². The van der Waals surface area contributed by atoms with Crippen LogP contribution in [0.1, 0.15) is 0 Å². The fourth-order valence-electron chi connectivity index (χ4n) is 7.74. The lowest BCUT2D eigenvalue weighted by atomic mass is 9.95. The first kappa shape index (κ1) is 30.4. The summed E-state index contributed by atoms with van der Waals surface area (Å²) < 4.78 is 2.59. The predicted octanol–water partition coefficient (Wildman–Crippen LogP) is 14.8. The van der Waals surface area contributed by atoms with Gasteiger partial charge in [0.15, 0.2) is 0 Å². The number of hydrogen-bond donors (Lipinski definition) is 0. The minimum atomic E-state index is 1.12. The zero-order chi connectivity index (χ0) is 34.4. The van der Waals surface area contributed by atoms with Crippen molar-refractivity contribution in [1.29, 1.82) is 0 Å². The molecule has 0 atom stereocenters. The van der Waals surface area contributed by atoms with Crippen LogP contribution in [0.4, 0.5) is 17.1 Å².